The lowest BCUT2D eigenvalue weighted by atomic mass is 10.1. The van der Waals surface area contributed by atoms with E-state index in [1.54, 1.807) is 31.4 Å². The van der Waals surface area contributed by atoms with Crippen LogP contribution in [0, 0.1) is 6.92 Å². The van der Waals surface area contributed by atoms with Gasteiger partial charge in [-0.15, -0.1) is 11.3 Å². The number of fused-ring (bicyclic) bond motifs is 4. The second-order valence-electron chi connectivity index (χ2n) is 9.16. The molecular formula is C28H25N5O7S. The summed E-state index contributed by atoms with van der Waals surface area (Å²) in [5.41, 5.74) is 4.76. The molecule has 6 rings (SSSR count). The molecule has 0 saturated carbocycles. The summed E-state index contributed by atoms with van der Waals surface area (Å²) in [6, 6.07) is 8.79. The second kappa shape index (κ2) is 10.7. The fraction of sp³-hybridized carbons (Fsp3) is 0.250. The number of carbonyl (C=O) groups is 1. The maximum atomic E-state index is 12.8. The van der Waals surface area contributed by atoms with Gasteiger partial charge in [0.25, 0.3) is 6.29 Å². The summed E-state index contributed by atoms with van der Waals surface area (Å²) >= 11 is 1.41. The molecule has 0 fully saturated rings. The van der Waals surface area contributed by atoms with Gasteiger partial charge in [-0.25, -0.2) is 24.7 Å². The molecular weight excluding hydrogens is 550 g/mol. The van der Waals surface area contributed by atoms with Crippen LogP contribution in [0.5, 0.6) is 23.3 Å². The number of thiazole rings is 1. The number of methoxy groups -OCH3 is 2. The fourth-order valence-corrected chi connectivity index (χ4v) is 5.57. The lowest BCUT2D eigenvalue weighted by Crippen LogP contribution is -2.38. The van der Waals surface area contributed by atoms with Crippen molar-refractivity contribution in [3.63, 3.8) is 0 Å². The van der Waals surface area contributed by atoms with E-state index >= 15 is 0 Å². The molecule has 1 amide bonds. The van der Waals surface area contributed by atoms with Gasteiger partial charge in [0, 0.05) is 18.7 Å². The molecule has 210 valence electrons. The largest absolute Gasteiger partial charge is 0.481 e. The monoisotopic (exact) mass is 575 g/mol. The topological polar surface area (TPSA) is 138 Å². The number of pyridine rings is 1. The number of carbonyl (C=O) groups excluding carboxylic acids is 1. The van der Waals surface area contributed by atoms with Crippen LogP contribution in [0.1, 0.15) is 11.1 Å². The first-order valence-electron chi connectivity index (χ1n) is 12.5. The molecule has 3 aromatic heterocycles. The lowest BCUT2D eigenvalue weighted by molar-refractivity contribution is -0.0718. The Kier molecular flexibility index (Phi) is 6.89. The first-order valence-corrected chi connectivity index (χ1v) is 13.3. The van der Waals surface area contributed by atoms with Crippen molar-refractivity contribution in [1.29, 1.82) is 0 Å². The van der Waals surface area contributed by atoms with Crippen LogP contribution in [-0.2, 0) is 11.3 Å². The van der Waals surface area contributed by atoms with Gasteiger partial charge in [0.2, 0.25) is 11.8 Å². The molecule has 1 atom stereocenters. The summed E-state index contributed by atoms with van der Waals surface area (Å²) in [5.74, 6) is 1.78. The van der Waals surface area contributed by atoms with Gasteiger partial charge < -0.3 is 28.8 Å². The first kappa shape index (κ1) is 26.5. The van der Waals surface area contributed by atoms with Crippen LogP contribution in [0.2, 0.25) is 0 Å². The first-order chi connectivity index (χ1) is 19.9. The number of aliphatic hydroxyl groups excluding tert-OH is 1. The summed E-state index contributed by atoms with van der Waals surface area (Å²) in [7, 11) is 4.62. The molecule has 41 heavy (non-hydrogen) atoms. The number of ether oxygens (including phenoxy) is 5. The van der Waals surface area contributed by atoms with E-state index in [1.807, 2.05) is 19.1 Å². The van der Waals surface area contributed by atoms with Gasteiger partial charge in [0.15, 0.2) is 18.1 Å². The summed E-state index contributed by atoms with van der Waals surface area (Å²) in [4.78, 5) is 32.1. The van der Waals surface area contributed by atoms with E-state index in [2.05, 4.69) is 15.0 Å². The van der Waals surface area contributed by atoms with Crippen molar-refractivity contribution in [3.05, 3.63) is 53.9 Å². The van der Waals surface area contributed by atoms with E-state index in [9.17, 15) is 9.90 Å². The minimum absolute atomic E-state index is 0.00691. The highest BCUT2D eigenvalue weighted by atomic mass is 32.1. The van der Waals surface area contributed by atoms with Crippen molar-refractivity contribution >= 4 is 44.4 Å². The zero-order chi connectivity index (χ0) is 28.7. The highest BCUT2D eigenvalue weighted by Crippen LogP contribution is 2.46. The third-order valence-electron chi connectivity index (χ3n) is 6.53. The van der Waals surface area contributed by atoms with E-state index in [0.29, 0.717) is 50.6 Å². The molecule has 5 aromatic rings. The third-order valence-corrected chi connectivity index (χ3v) is 7.62. The standard InChI is InChI=1S/C28H25N5O7S/c1-14-7-19-25(38-13-22(39-19)40-28(35)33(2)16-5-6-20(36-3)29-10-16)26-23(14)32-27(41-26)17-8-15(12-34)9-18-24(17)30-11-21(31-18)37-4/h5-11,22,34H,12-13H2,1-4H3/t22-/m1/s1. The Bertz CT molecular complexity index is 1770. The molecule has 0 bridgehead atoms. The number of nitrogens with zero attached hydrogens (tertiary/aromatic N) is 5. The molecule has 1 N–H and O–H groups in total. The zero-order valence-electron chi connectivity index (χ0n) is 22.6. The number of anilines is 1. The Hall–Kier alpha value is -4.75. The van der Waals surface area contributed by atoms with E-state index in [-0.39, 0.29) is 13.2 Å². The Balaban J connectivity index is 1.29. The molecule has 2 aromatic carbocycles. The van der Waals surface area contributed by atoms with Crippen LogP contribution in [0.3, 0.4) is 0 Å². The van der Waals surface area contributed by atoms with Gasteiger partial charge in [0.05, 0.1) is 55.5 Å². The van der Waals surface area contributed by atoms with Gasteiger partial charge in [-0.3, -0.25) is 4.90 Å². The smallest absolute Gasteiger partial charge is 0.417 e. The van der Waals surface area contributed by atoms with Crippen LogP contribution >= 0.6 is 11.3 Å². The predicted molar refractivity (Wildman–Crippen MR) is 151 cm³/mol. The number of benzene rings is 2. The van der Waals surface area contributed by atoms with E-state index in [1.165, 1.54) is 36.7 Å². The zero-order valence-corrected chi connectivity index (χ0v) is 23.4. The van der Waals surface area contributed by atoms with Gasteiger partial charge in [-0.05, 0) is 42.3 Å². The van der Waals surface area contributed by atoms with Crippen molar-refractivity contribution in [2.75, 3.05) is 32.8 Å². The summed E-state index contributed by atoms with van der Waals surface area (Å²) in [5, 5.41) is 10.5. The Labute approximate surface area is 238 Å². The number of hydrogen-bond acceptors (Lipinski definition) is 12. The van der Waals surface area contributed by atoms with Crippen molar-refractivity contribution < 1.29 is 33.6 Å². The van der Waals surface area contributed by atoms with E-state index in [0.717, 1.165) is 21.3 Å². The van der Waals surface area contributed by atoms with Gasteiger partial charge in [-0.1, -0.05) is 0 Å². The Morgan fingerprint density at radius 1 is 1.10 bits per heavy atom. The van der Waals surface area contributed by atoms with E-state index in [4.69, 9.17) is 28.7 Å². The number of hydrogen-bond donors (Lipinski definition) is 1. The minimum atomic E-state index is -0.955. The number of aromatic nitrogens is 4. The predicted octanol–water partition coefficient (Wildman–Crippen LogP) is 4.49. The minimum Gasteiger partial charge on any atom is -0.481 e. The maximum Gasteiger partial charge on any atom is 0.417 e. The molecule has 0 spiro atoms. The Morgan fingerprint density at radius 3 is 2.66 bits per heavy atom. The summed E-state index contributed by atoms with van der Waals surface area (Å²) in [6.07, 6.45) is 1.48. The van der Waals surface area contributed by atoms with Gasteiger partial charge >= 0.3 is 6.09 Å². The van der Waals surface area contributed by atoms with Crippen LogP contribution < -0.4 is 23.8 Å². The quantitative estimate of drug-likeness (QED) is 0.306. The Morgan fingerprint density at radius 2 is 1.93 bits per heavy atom. The lowest BCUT2D eigenvalue weighted by Gasteiger charge is -2.28. The normalized spacial score (nSPS) is 14.2. The summed E-state index contributed by atoms with van der Waals surface area (Å²) in [6.45, 7) is 1.75. The highest BCUT2D eigenvalue weighted by Gasteiger charge is 2.30. The fourth-order valence-electron chi connectivity index (χ4n) is 4.42. The van der Waals surface area contributed by atoms with Crippen LogP contribution in [0.4, 0.5) is 10.5 Å². The summed E-state index contributed by atoms with van der Waals surface area (Å²) < 4.78 is 28.7. The molecule has 0 unspecified atom stereocenters. The van der Waals surface area contributed by atoms with Gasteiger partial charge in [0.1, 0.15) is 9.71 Å². The SMILES string of the molecule is COc1ccc(N(C)C(=O)O[C@@H]2COc3c(cc(C)c4nc(-c5cc(CO)cc6nc(OC)cnc56)sc34)O2)cn1. The van der Waals surface area contributed by atoms with Crippen molar-refractivity contribution in [2.45, 2.75) is 19.8 Å². The average Bonchev–Trinajstić information content (AvgIpc) is 3.46. The number of aryl methyl sites for hydroxylation is 1. The number of aliphatic hydroxyl groups is 1. The molecule has 12 nitrogen and oxygen atoms in total. The molecule has 0 aliphatic carbocycles. The average molecular weight is 576 g/mol. The van der Waals surface area contributed by atoms with Crippen molar-refractivity contribution in [1.82, 2.24) is 19.9 Å². The third kappa shape index (κ3) is 4.89. The number of amides is 1. The molecule has 1 aliphatic heterocycles. The van der Waals surface area contributed by atoms with Crippen molar-refractivity contribution in [3.8, 4) is 33.8 Å². The second-order valence-corrected chi connectivity index (χ2v) is 10.2. The maximum absolute atomic E-state index is 12.8. The molecule has 1 aliphatic rings. The van der Waals surface area contributed by atoms with Crippen LogP contribution in [0.15, 0.2) is 42.7 Å². The van der Waals surface area contributed by atoms with E-state index < -0.39 is 12.4 Å². The number of rotatable bonds is 6. The molecule has 0 radical (unpaired) electrons. The van der Waals surface area contributed by atoms with Gasteiger partial charge in [-0.2, -0.15) is 0 Å². The highest BCUT2D eigenvalue weighted by molar-refractivity contribution is 7.22. The van der Waals surface area contributed by atoms with Crippen LogP contribution in [-0.4, -0.2) is 65.3 Å². The molecule has 4 heterocycles. The van der Waals surface area contributed by atoms with Crippen LogP contribution in [0.25, 0.3) is 31.8 Å². The van der Waals surface area contributed by atoms with Crippen molar-refractivity contribution in [2.24, 2.45) is 0 Å². The molecule has 13 heteroatoms. The molecule has 0 saturated heterocycles.